The lowest BCUT2D eigenvalue weighted by Crippen LogP contribution is -2.40. The first-order valence-corrected chi connectivity index (χ1v) is 10.6. The number of benzene rings is 1. The van der Waals surface area contributed by atoms with Crippen molar-refractivity contribution in [3.05, 3.63) is 66.4 Å². The number of nitrogen functional groups attached to an aromatic ring is 1. The number of aryl methyl sites for hydroxylation is 1. The highest BCUT2D eigenvalue weighted by molar-refractivity contribution is 6.02. The fourth-order valence-corrected chi connectivity index (χ4v) is 4.41. The third kappa shape index (κ3) is 3.43. The number of hydrogen-bond donors (Lipinski definition) is 1. The minimum Gasteiger partial charge on any atom is -0.479 e. The van der Waals surface area contributed by atoms with E-state index in [9.17, 15) is 9.18 Å². The minimum absolute atomic E-state index is 0.116. The molecule has 1 aliphatic rings. The molecule has 0 radical (unpaired) electrons. The predicted molar refractivity (Wildman–Crippen MR) is 126 cm³/mol. The summed E-state index contributed by atoms with van der Waals surface area (Å²) < 4.78 is 21.1. The van der Waals surface area contributed by atoms with Gasteiger partial charge in [-0.15, -0.1) is 0 Å². The second kappa shape index (κ2) is 8.22. The van der Waals surface area contributed by atoms with Crippen LogP contribution in [0.15, 0.2) is 49.4 Å². The highest BCUT2D eigenvalue weighted by Crippen LogP contribution is 2.37. The van der Waals surface area contributed by atoms with E-state index >= 15 is 0 Å². The van der Waals surface area contributed by atoms with E-state index in [2.05, 4.69) is 27.6 Å². The molecule has 1 atom stereocenters. The molecule has 4 aromatic rings. The van der Waals surface area contributed by atoms with Crippen LogP contribution in [0.2, 0.25) is 0 Å². The number of anilines is 2. The van der Waals surface area contributed by atoms with Gasteiger partial charge in [-0.05, 0) is 37.1 Å². The van der Waals surface area contributed by atoms with Crippen molar-refractivity contribution < 1.29 is 13.9 Å². The molecule has 0 spiro atoms. The third-order valence-electron chi connectivity index (χ3n) is 5.95. The van der Waals surface area contributed by atoms with Gasteiger partial charge in [0, 0.05) is 24.0 Å². The van der Waals surface area contributed by atoms with Gasteiger partial charge in [0.25, 0.3) is 0 Å². The number of hydrogen-bond acceptors (Lipinski definition) is 7. The van der Waals surface area contributed by atoms with Gasteiger partial charge in [-0.3, -0.25) is 4.79 Å². The average molecular weight is 459 g/mol. The van der Waals surface area contributed by atoms with E-state index in [1.54, 1.807) is 9.58 Å². The van der Waals surface area contributed by atoms with Crippen LogP contribution < -0.4 is 15.4 Å². The maximum Gasteiger partial charge on any atom is 0.250 e. The second-order valence-corrected chi connectivity index (χ2v) is 8.11. The summed E-state index contributed by atoms with van der Waals surface area (Å²) in [5, 5.41) is 5.27. The summed E-state index contributed by atoms with van der Waals surface area (Å²) in [4.78, 5) is 27.0. The van der Waals surface area contributed by atoms with Crippen molar-refractivity contribution in [3.63, 3.8) is 0 Å². The number of nitrogens with two attached hydrogens (primary N) is 1. The number of ether oxygens (including phenoxy) is 1. The van der Waals surface area contributed by atoms with Crippen LogP contribution in [0.25, 0.3) is 22.3 Å². The molecule has 1 aromatic carbocycles. The molecule has 1 amide bonds. The monoisotopic (exact) mass is 459 g/mol. The number of nitrogens with zero attached hydrogens (tertiary/aromatic N) is 6. The summed E-state index contributed by atoms with van der Waals surface area (Å²) in [5.74, 6) is -0.729. The third-order valence-corrected chi connectivity index (χ3v) is 5.95. The minimum atomic E-state index is -0.622. The number of carbonyl (C=O) groups excluding carboxylic acids is 1. The highest BCUT2D eigenvalue weighted by Gasteiger charge is 2.31. The smallest absolute Gasteiger partial charge is 0.250 e. The number of carbonyl (C=O) groups is 1. The fourth-order valence-electron chi connectivity index (χ4n) is 4.41. The number of methoxy groups -OCH3 is 1. The van der Waals surface area contributed by atoms with Crippen molar-refractivity contribution >= 4 is 28.4 Å². The van der Waals surface area contributed by atoms with E-state index in [0.717, 1.165) is 16.8 Å². The Kier molecular flexibility index (Phi) is 5.20. The van der Waals surface area contributed by atoms with Gasteiger partial charge in [-0.25, -0.2) is 24.0 Å². The first-order chi connectivity index (χ1) is 16.4. The van der Waals surface area contributed by atoms with Crippen LogP contribution in [0.4, 0.5) is 15.9 Å². The normalized spacial score (nSPS) is 15.3. The molecule has 3 aromatic heterocycles. The molecule has 10 heteroatoms. The lowest BCUT2D eigenvalue weighted by molar-refractivity contribution is -0.114. The number of rotatable bonds is 4. The zero-order chi connectivity index (χ0) is 24.0. The summed E-state index contributed by atoms with van der Waals surface area (Å²) >= 11 is 0. The quantitative estimate of drug-likeness (QED) is 0.466. The standard InChI is InChI=1S/C24H22FN7O2/c1-4-19(33)31-11-16(8-14-7-13(2)5-6-18(14)31)32-23-20(22(26)28-12-29-23)21(30-32)15-9-17(25)24(34-3)27-10-15/h4-7,9-10,12,16H,1,8,11H2,2-3H3,(H2,26,28,29). The molecule has 0 bridgehead atoms. The summed E-state index contributed by atoms with van der Waals surface area (Å²) in [6.07, 6.45) is 4.74. The summed E-state index contributed by atoms with van der Waals surface area (Å²) in [6.45, 7) is 6.01. The van der Waals surface area contributed by atoms with Crippen molar-refractivity contribution in [3.8, 4) is 17.1 Å². The molecule has 0 saturated carbocycles. The van der Waals surface area contributed by atoms with Crippen LogP contribution in [0.5, 0.6) is 5.88 Å². The van der Waals surface area contributed by atoms with Crippen LogP contribution in [0.3, 0.4) is 0 Å². The molecule has 0 fully saturated rings. The first kappa shape index (κ1) is 21.5. The number of amides is 1. The van der Waals surface area contributed by atoms with Crippen molar-refractivity contribution in [2.24, 2.45) is 0 Å². The van der Waals surface area contributed by atoms with Gasteiger partial charge in [0.1, 0.15) is 17.8 Å². The molecule has 34 heavy (non-hydrogen) atoms. The Balaban J connectivity index is 1.68. The molecule has 0 aliphatic carbocycles. The number of aromatic nitrogens is 5. The Morgan fingerprint density at radius 2 is 2.12 bits per heavy atom. The Bertz CT molecular complexity index is 1450. The number of halogens is 1. The van der Waals surface area contributed by atoms with Crippen LogP contribution in [0, 0.1) is 12.7 Å². The number of fused-ring (bicyclic) bond motifs is 2. The highest BCUT2D eigenvalue weighted by atomic mass is 19.1. The largest absolute Gasteiger partial charge is 0.479 e. The Labute approximate surface area is 194 Å². The average Bonchev–Trinajstić information content (AvgIpc) is 3.23. The van der Waals surface area contributed by atoms with Gasteiger partial charge in [-0.1, -0.05) is 24.3 Å². The molecular formula is C24H22FN7O2. The second-order valence-electron chi connectivity index (χ2n) is 8.11. The van der Waals surface area contributed by atoms with Crippen LogP contribution in [-0.2, 0) is 11.2 Å². The molecule has 9 nitrogen and oxygen atoms in total. The fraction of sp³-hybridized carbons (Fsp3) is 0.208. The Morgan fingerprint density at radius 3 is 2.85 bits per heavy atom. The Morgan fingerprint density at radius 1 is 1.29 bits per heavy atom. The topological polar surface area (TPSA) is 112 Å². The summed E-state index contributed by atoms with van der Waals surface area (Å²) in [6, 6.07) is 7.02. The molecule has 1 aliphatic heterocycles. The van der Waals surface area contributed by atoms with Gasteiger partial charge < -0.3 is 15.4 Å². The zero-order valence-corrected chi connectivity index (χ0v) is 18.7. The van der Waals surface area contributed by atoms with E-state index in [0.29, 0.717) is 35.3 Å². The zero-order valence-electron chi connectivity index (χ0n) is 18.7. The summed E-state index contributed by atoms with van der Waals surface area (Å²) in [7, 11) is 1.35. The summed E-state index contributed by atoms with van der Waals surface area (Å²) in [5.41, 5.74) is 10.5. The van der Waals surface area contributed by atoms with Gasteiger partial charge in [-0.2, -0.15) is 5.10 Å². The van der Waals surface area contributed by atoms with E-state index in [1.165, 1.54) is 31.8 Å². The van der Waals surface area contributed by atoms with Gasteiger partial charge >= 0.3 is 0 Å². The van der Waals surface area contributed by atoms with E-state index < -0.39 is 5.82 Å². The van der Waals surface area contributed by atoms with Crippen molar-refractivity contribution in [2.75, 3.05) is 24.3 Å². The van der Waals surface area contributed by atoms with E-state index in [1.807, 2.05) is 19.1 Å². The predicted octanol–water partition coefficient (Wildman–Crippen LogP) is 3.24. The van der Waals surface area contributed by atoms with Gasteiger partial charge in [0.2, 0.25) is 11.8 Å². The molecule has 0 saturated heterocycles. The van der Waals surface area contributed by atoms with Gasteiger partial charge in [0.15, 0.2) is 11.5 Å². The molecule has 1 unspecified atom stereocenters. The molecule has 2 N–H and O–H groups in total. The Hall–Kier alpha value is -4.34. The molecule has 4 heterocycles. The van der Waals surface area contributed by atoms with Crippen molar-refractivity contribution in [1.82, 2.24) is 24.7 Å². The van der Waals surface area contributed by atoms with Crippen molar-refractivity contribution in [1.29, 1.82) is 0 Å². The molecule has 5 rings (SSSR count). The van der Waals surface area contributed by atoms with Crippen LogP contribution >= 0.6 is 0 Å². The van der Waals surface area contributed by atoms with Gasteiger partial charge in [0.05, 0.1) is 18.5 Å². The lowest BCUT2D eigenvalue weighted by Gasteiger charge is -2.34. The van der Waals surface area contributed by atoms with Crippen LogP contribution in [-0.4, -0.2) is 44.3 Å². The van der Waals surface area contributed by atoms with E-state index in [-0.39, 0.29) is 23.6 Å². The molecule has 172 valence electrons. The van der Waals surface area contributed by atoms with Crippen molar-refractivity contribution in [2.45, 2.75) is 19.4 Å². The maximum absolute atomic E-state index is 14.4. The maximum atomic E-state index is 14.4. The SMILES string of the molecule is C=CC(=O)N1CC(n2nc(-c3cnc(OC)c(F)c3)c3c(N)ncnc32)Cc2cc(C)ccc21. The van der Waals surface area contributed by atoms with Crippen LogP contribution in [0.1, 0.15) is 17.2 Å². The number of pyridine rings is 1. The lowest BCUT2D eigenvalue weighted by atomic mass is 9.96. The first-order valence-electron chi connectivity index (χ1n) is 10.6. The van der Waals surface area contributed by atoms with E-state index in [4.69, 9.17) is 15.6 Å². The molecular weight excluding hydrogens is 437 g/mol.